The lowest BCUT2D eigenvalue weighted by Crippen LogP contribution is -1.94. The van der Waals surface area contributed by atoms with Crippen LogP contribution in [0.4, 0.5) is 4.39 Å². The van der Waals surface area contributed by atoms with Gasteiger partial charge in [0, 0.05) is 0 Å². The lowest BCUT2D eigenvalue weighted by Gasteiger charge is -1.99. The molecule has 76 valence electrons. The van der Waals surface area contributed by atoms with Crippen molar-refractivity contribution >= 4 is 46.6 Å². The first-order chi connectivity index (χ1) is 6.60. The van der Waals surface area contributed by atoms with E-state index in [-0.39, 0.29) is 10.3 Å². The van der Waals surface area contributed by atoms with Gasteiger partial charge in [0.25, 0.3) is 4.51 Å². The quantitative estimate of drug-likeness (QED) is 0.360. The minimum absolute atomic E-state index is 0.100. The van der Waals surface area contributed by atoms with Crippen LogP contribution in [-0.4, -0.2) is 10.1 Å². The zero-order chi connectivity index (χ0) is 11.0. The summed E-state index contributed by atoms with van der Waals surface area (Å²) in [4.78, 5) is 8.67. The van der Waals surface area contributed by atoms with Gasteiger partial charge in [-0.2, -0.15) is 0 Å². The molecule has 6 heteroatoms. The van der Waals surface area contributed by atoms with E-state index in [1.165, 1.54) is 24.3 Å². The summed E-state index contributed by atoms with van der Waals surface area (Å²) in [7, 11) is 0. The van der Waals surface area contributed by atoms with Crippen LogP contribution in [0, 0.1) is 5.82 Å². The number of thiol groups is 1. The Labute approximate surface area is 96.4 Å². The van der Waals surface area contributed by atoms with Gasteiger partial charge in [-0.15, -0.1) is 12.6 Å². The zero-order valence-corrected chi connectivity index (χ0v) is 9.28. The minimum Gasteiger partial charge on any atom is -0.436 e. The highest BCUT2D eigenvalue weighted by Gasteiger charge is 1.95. The van der Waals surface area contributed by atoms with Gasteiger partial charge in [-0.25, -0.2) is 4.39 Å². The molecule has 0 aliphatic carbocycles. The summed E-state index contributed by atoms with van der Waals surface area (Å²) in [6.07, 6.45) is 0. The Morgan fingerprint density at radius 3 is 2.29 bits per heavy atom. The highest BCUT2D eigenvalue weighted by molar-refractivity contribution is 7.94. The highest BCUT2D eigenvalue weighted by atomic mass is 35.5. The molecule has 0 aromatic heterocycles. The molecule has 0 fully saturated rings. The van der Waals surface area contributed by atoms with Gasteiger partial charge in [-0.1, -0.05) is 0 Å². The van der Waals surface area contributed by atoms with E-state index in [1.54, 1.807) is 0 Å². The van der Waals surface area contributed by atoms with Crippen molar-refractivity contribution in [2.24, 2.45) is 0 Å². The van der Waals surface area contributed by atoms with Gasteiger partial charge in [0.1, 0.15) is 11.6 Å². The molecule has 0 unspecified atom stereocenters. The number of hydrogen-bond acceptors (Lipinski definition) is 3. The highest BCUT2D eigenvalue weighted by Crippen LogP contribution is 2.11. The third-order valence-electron chi connectivity index (χ3n) is 1.01. The molecule has 0 aliphatic heterocycles. The molecule has 14 heavy (non-hydrogen) atoms. The summed E-state index contributed by atoms with van der Waals surface area (Å²) >= 11 is 12.8. The average molecular weight is 253 g/mol. The number of rotatable bonds is 1. The van der Waals surface area contributed by atoms with Gasteiger partial charge in [0.15, 0.2) is 5.62 Å². The standard InChI is InChI=1S/C7H4ClFOS.CH2OS/c8-7(11)10-6-3-1-5(9)2-4-6;2-1-3/h1-4H;1H,(H,2,3). The fourth-order valence-corrected chi connectivity index (χ4v) is 0.781. The molecule has 1 aromatic rings. The predicted molar refractivity (Wildman–Crippen MR) is 61.2 cm³/mol. The first-order valence-electron chi connectivity index (χ1n) is 3.31. The number of ether oxygens (including phenoxy) is 1. The van der Waals surface area contributed by atoms with Crippen molar-refractivity contribution in [1.82, 2.24) is 0 Å². The Balaban J connectivity index is 0.000000500. The second-order valence-electron chi connectivity index (χ2n) is 1.90. The van der Waals surface area contributed by atoms with E-state index in [4.69, 9.17) is 21.1 Å². The average Bonchev–Trinajstić information content (AvgIpc) is 2.09. The first kappa shape index (κ1) is 13.4. The van der Waals surface area contributed by atoms with Crippen LogP contribution in [0.2, 0.25) is 0 Å². The first-order valence-corrected chi connectivity index (χ1v) is 4.61. The van der Waals surface area contributed by atoms with Gasteiger partial charge in [-0.3, -0.25) is 4.79 Å². The number of benzene rings is 1. The van der Waals surface area contributed by atoms with Crippen molar-refractivity contribution in [3.05, 3.63) is 30.1 Å². The molecule has 1 rings (SSSR count). The smallest absolute Gasteiger partial charge is 0.260 e. The van der Waals surface area contributed by atoms with Gasteiger partial charge >= 0.3 is 0 Å². The molecule has 0 saturated heterocycles. The van der Waals surface area contributed by atoms with E-state index in [9.17, 15) is 4.39 Å². The normalized spacial score (nSPS) is 8.21. The number of hydrogen-bond donors (Lipinski definition) is 1. The molecule has 2 nitrogen and oxygen atoms in total. The molecule has 1 aromatic carbocycles. The minimum atomic E-state index is -0.321. The van der Waals surface area contributed by atoms with Crippen LogP contribution in [0.15, 0.2) is 24.3 Å². The van der Waals surface area contributed by atoms with E-state index < -0.39 is 0 Å². The van der Waals surface area contributed by atoms with Crippen molar-refractivity contribution < 1.29 is 13.9 Å². The van der Waals surface area contributed by atoms with Crippen LogP contribution in [0.25, 0.3) is 0 Å². The topological polar surface area (TPSA) is 26.3 Å². The fourth-order valence-electron chi connectivity index (χ4n) is 0.595. The summed E-state index contributed by atoms with van der Waals surface area (Å²) < 4.78 is 17.0. The lowest BCUT2D eigenvalue weighted by molar-refractivity contribution is 0.570. The Kier molecular flexibility index (Phi) is 7.37. The molecule has 0 radical (unpaired) electrons. The van der Waals surface area contributed by atoms with E-state index >= 15 is 0 Å². The molecule has 0 atom stereocenters. The number of carbonyl (C=O) groups is 1. The van der Waals surface area contributed by atoms with Crippen LogP contribution in [0.1, 0.15) is 0 Å². The monoisotopic (exact) mass is 252 g/mol. The summed E-state index contributed by atoms with van der Waals surface area (Å²) in [6, 6.07) is 5.43. The van der Waals surface area contributed by atoms with Crippen molar-refractivity contribution in [3.8, 4) is 5.75 Å². The van der Waals surface area contributed by atoms with Gasteiger partial charge in [0.2, 0.25) is 0 Å². The third kappa shape index (κ3) is 6.82. The summed E-state index contributed by atoms with van der Waals surface area (Å²) in [6.45, 7) is 0. The predicted octanol–water partition coefficient (Wildman–Crippen LogP) is 2.83. The Bertz CT molecular complexity index is 303. The Morgan fingerprint density at radius 1 is 1.50 bits per heavy atom. The number of carbonyl (C=O) groups excluding carboxylic acids is 1. The summed E-state index contributed by atoms with van der Waals surface area (Å²) in [5.74, 6) is 0.115. The zero-order valence-electron chi connectivity index (χ0n) is 6.81. The van der Waals surface area contributed by atoms with E-state index in [2.05, 4.69) is 24.8 Å². The van der Waals surface area contributed by atoms with E-state index in [0.717, 1.165) is 0 Å². The third-order valence-corrected chi connectivity index (χ3v) is 1.17. The van der Waals surface area contributed by atoms with E-state index in [0.29, 0.717) is 11.4 Å². The fraction of sp³-hybridized carbons (Fsp3) is 0. The van der Waals surface area contributed by atoms with Gasteiger partial charge in [-0.05, 0) is 48.1 Å². The van der Waals surface area contributed by atoms with E-state index in [1.807, 2.05) is 0 Å². The maximum absolute atomic E-state index is 12.3. The number of thiocarbonyl (C=S) groups is 1. The Hall–Kier alpha value is -0.650. The molecule has 0 saturated carbocycles. The molecule has 0 bridgehead atoms. The maximum atomic E-state index is 12.3. The summed E-state index contributed by atoms with van der Waals surface area (Å²) in [5.41, 5.74) is 0.444. The Morgan fingerprint density at radius 2 is 1.93 bits per heavy atom. The van der Waals surface area contributed by atoms with Crippen molar-refractivity contribution in [1.29, 1.82) is 0 Å². The molecule has 0 aliphatic rings. The van der Waals surface area contributed by atoms with Crippen molar-refractivity contribution in [2.75, 3.05) is 0 Å². The van der Waals surface area contributed by atoms with Crippen LogP contribution >= 0.6 is 36.4 Å². The second-order valence-corrected chi connectivity index (χ2v) is 3.05. The SMILES string of the molecule is Fc1ccc(OC(=S)Cl)cc1.O=CS. The molecular formula is C8H6ClFO2S2. The van der Waals surface area contributed by atoms with Crippen LogP contribution < -0.4 is 4.74 Å². The molecular weight excluding hydrogens is 247 g/mol. The maximum Gasteiger partial charge on any atom is 0.260 e. The number of halogens is 2. The van der Waals surface area contributed by atoms with Crippen LogP contribution in [-0.2, 0) is 4.79 Å². The molecule has 0 amide bonds. The van der Waals surface area contributed by atoms with Crippen LogP contribution in [0.3, 0.4) is 0 Å². The molecule has 0 N–H and O–H groups in total. The van der Waals surface area contributed by atoms with Crippen molar-refractivity contribution in [2.45, 2.75) is 0 Å². The largest absolute Gasteiger partial charge is 0.436 e. The second kappa shape index (κ2) is 7.73. The van der Waals surface area contributed by atoms with Gasteiger partial charge in [0.05, 0.1) is 0 Å². The van der Waals surface area contributed by atoms with Crippen molar-refractivity contribution in [3.63, 3.8) is 0 Å². The molecule has 0 heterocycles. The van der Waals surface area contributed by atoms with Gasteiger partial charge < -0.3 is 4.74 Å². The lowest BCUT2D eigenvalue weighted by atomic mass is 10.3. The molecule has 0 spiro atoms. The van der Waals surface area contributed by atoms with Crippen LogP contribution in [0.5, 0.6) is 5.75 Å². The summed E-state index contributed by atoms with van der Waals surface area (Å²) in [5, 5.41) is 0.